The molecular formula is C18H17ClN4O. The van der Waals surface area contributed by atoms with E-state index in [2.05, 4.69) is 27.4 Å². The third kappa shape index (κ3) is 3.81. The highest BCUT2D eigenvalue weighted by Gasteiger charge is 2.08. The van der Waals surface area contributed by atoms with Crippen molar-refractivity contribution in [3.05, 3.63) is 80.7 Å². The van der Waals surface area contributed by atoms with Gasteiger partial charge in [-0.3, -0.25) is 9.78 Å². The predicted molar refractivity (Wildman–Crippen MR) is 96.0 cm³/mol. The average Bonchev–Trinajstić information content (AvgIpc) is 2.60. The molecule has 0 aliphatic carbocycles. The van der Waals surface area contributed by atoms with Gasteiger partial charge in [-0.25, -0.2) is 0 Å². The predicted octanol–water partition coefficient (Wildman–Crippen LogP) is 3.72. The minimum atomic E-state index is -0.280. The van der Waals surface area contributed by atoms with Gasteiger partial charge in [0.05, 0.1) is 0 Å². The van der Waals surface area contributed by atoms with Crippen LogP contribution in [0.5, 0.6) is 0 Å². The van der Waals surface area contributed by atoms with Crippen LogP contribution in [0.1, 0.15) is 23.7 Å². The molecule has 3 aromatic rings. The second kappa shape index (κ2) is 7.27. The van der Waals surface area contributed by atoms with Gasteiger partial charge in [-0.2, -0.15) is 0 Å². The zero-order chi connectivity index (χ0) is 16.9. The second-order valence-corrected chi connectivity index (χ2v) is 5.80. The van der Waals surface area contributed by atoms with Gasteiger partial charge in [0.2, 0.25) is 5.95 Å². The Bertz CT molecular complexity index is 890. The topological polar surface area (TPSA) is 70.7 Å². The third-order valence-corrected chi connectivity index (χ3v) is 4.07. The molecule has 3 rings (SSSR count). The Hall–Kier alpha value is -2.66. The molecule has 0 unspecified atom stereocenters. The van der Waals surface area contributed by atoms with E-state index in [1.165, 1.54) is 5.56 Å². The lowest BCUT2D eigenvalue weighted by atomic mass is 10.1. The minimum absolute atomic E-state index is 0.280. The highest BCUT2D eigenvalue weighted by molar-refractivity contribution is 6.31. The van der Waals surface area contributed by atoms with Crippen molar-refractivity contribution < 1.29 is 0 Å². The number of halogens is 1. The molecule has 0 fully saturated rings. The molecule has 1 heterocycles. The maximum absolute atomic E-state index is 12.2. The van der Waals surface area contributed by atoms with E-state index in [0.29, 0.717) is 23.1 Å². The van der Waals surface area contributed by atoms with Gasteiger partial charge < -0.3 is 5.32 Å². The molecule has 1 aromatic heterocycles. The first-order valence-electron chi connectivity index (χ1n) is 7.71. The van der Waals surface area contributed by atoms with Crippen LogP contribution >= 0.6 is 11.6 Å². The molecule has 24 heavy (non-hydrogen) atoms. The SMILES string of the molecule is CCc1ccc(Nc2nnc(Cc3ccccc3Cl)c(=O)[nH]2)cc1. The van der Waals surface area contributed by atoms with Crippen molar-refractivity contribution in [2.24, 2.45) is 0 Å². The van der Waals surface area contributed by atoms with Crippen LogP contribution in [0.4, 0.5) is 11.6 Å². The van der Waals surface area contributed by atoms with Crippen LogP contribution < -0.4 is 10.9 Å². The molecule has 0 spiro atoms. The summed E-state index contributed by atoms with van der Waals surface area (Å²) in [6, 6.07) is 15.3. The zero-order valence-corrected chi connectivity index (χ0v) is 14.0. The van der Waals surface area contributed by atoms with Crippen molar-refractivity contribution in [1.29, 1.82) is 0 Å². The molecule has 0 amide bonds. The van der Waals surface area contributed by atoms with Crippen LogP contribution in [-0.4, -0.2) is 15.2 Å². The third-order valence-electron chi connectivity index (χ3n) is 3.71. The number of benzene rings is 2. The number of H-pyrrole nitrogens is 1. The summed E-state index contributed by atoms with van der Waals surface area (Å²) in [6.07, 6.45) is 1.32. The standard InChI is InChI=1S/C18H17ClN4O/c1-2-12-7-9-14(10-8-12)20-18-21-17(24)16(22-23-18)11-13-5-3-4-6-15(13)19/h3-10H,2,11H2,1H3,(H2,20,21,23,24). The quantitative estimate of drug-likeness (QED) is 0.742. The number of aromatic amines is 1. The van der Waals surface area contributed by atoms with Crippen LogP contribution in [0.25, 0.3) is 0 Å². The summed E-state index contributed by atoms with van der Waals surface area (Å²) in [5.74, 6) is 0.312. The first-order chi connectivity index (χ1) is 11.7. The van der Waals surface area contributed by atoms with Gasteiger partial charge in [0, 0.05) is 17.1 Å². The number of nitrogens with zero attached hydrogens (tertiary/aromatic N) is 2. The Kier molecular flexibility index (Phi) is 4.91. The molecule has 0 atom stereocenters. The maximum Gasteiger partial charge on any atom is 0.274 e. The molecule has 6 heteroatoms. The fourth-order valence-electron chi connectivity index (χ4n) is 2.31. The van der Waals surface area contributed by atoms with Crippen molar-refractivity contribution in [2.75, 3.05) is 5.32 Å². The van der Waals surface area contributed by atoms with Crippen molar-refractivity contribution in [1.82, 2.24) is 15.2 Å². The molecule has 2 aromatic carbocycles. The van der Waals surface area contributed by atoms with Crippen molar-refractivity contribution in [3.8, 4) is 0 Å². The van der Waals surface area contributed by atoms with E-state index in [1.807, 2.05) is 42.5 Å². The van der Waals surface area contributed by atoms with Crippen molar-refractivity contribution in [2.45, 2.75) is 19.8 Å². The Labute approximate surface area is 144 Å². The Morgan fingerprint density at radius 1 is 1.08 bits per heavy atom. The summed E-state index contributed by atoms with van der Waals surface area (Å²) in [5, 5.41) is 11.7. The Balaban J connectivity index is 1.77. The number of aromatic nitrogens is 3. The van der Waals surface area contributed by atoms with Gasteiger partial charge in [0.25, 0.3) is 5.56 Å². The number of anilines is 2. The van der Waals surface area contributed by atoms with Crippen LogP contribution in [0.15, 0.2) is 53.3 Å². The Morgan fingerprint density at radius 2 is 1.83 bits per heavy atom. The summed E-state index contributed by atoms with van der Waals surface area (Å²) in [4.78, 5) is 14.9. The molecule has 0 bridgehead atoms. The molecule has 122 valence electrons. The number of hydrogen-bond donors (Lipinski definition) is 2. The highest BCUT2D eigenvalue weighted by Crippen LogP contribution is 2.17. The zero-order valence-electron chi connectivity index (χ0n) is 13.2. The van der Waals surface area contributed by atoms with E-state index >= 15 is 0 Å². The number of hydrogen-bond acceptors (Lipinski definition) is 4. The van der Waals surface area contributed by atoms with E-state index in [9.17, 15) is 4.79 Å². The lowest BCUT2D eigenvalue weighted by molar-refractivity contribution is 0.874. The van der Waals surface area contributed by atoms with Crippen LogP contribution in [0.3, 0.4) is 0 Å². The first-order valence-corrected chi connectivity index (χ1v) is 8.08. The van der Waals surface area contributed by atoms with Gasteiger partial charge in [-0.1, -0.05) is 48.9 Å². The normalized spacial score (nSPS) is 10.6. The maximum atomic E-state index is 12.2. The second-order valence-electron chi connectivity index (χ2n) is 5.39. The lowest BCUT2D eigenvalue weighted by Gasteiger charge is -2.07. The lowest BCUT2D eigenvalue weighted by Crippen LogP contribution is -2.19. The van der Waals surface area contributed by atoms with Gasteiger partial charge in [-0.05, 0) is 35.7 Å². The van der Waals surface area contributed by atoms with Gasteiger partial charge in [0.15, 0.2) is 0 Å². The monoisotopic (exact) mass is 340 g/mol. The molecule has 5 nitrogen and oxygen atoms in total. The molecular weight excluding hydrogens is 324 g/mol. The van der Waals surface area contributed by atoms with E-state index in [4.69, 9.17) is 11.6 Å². The largest absolute Gasteiger partial charge is 0.324 e. The molecule has 0 aliphatic heterocycles. The number of rotatable bonds is 5. The Morgan fingerprint density at radius 3 is 2.50 bits per heavy atom. The minimum Gasteiger partial charge on any atom is -0.324 e. The summed E-state index contributed by atoms with van der Waals surface area (Å²) in [6.45, 7) is 2.10. The molecule has 0 saturated heterocycles. The summed E-state index contributed by atoms with van der Waals surface area (Å²) in [7, 11) is 0. The van der Waals surface area contributed by atoms with Gasteiger partial charge in [0.1, 0.15) is 5.69 Å². The van der Waals surface area contributed by atoms with Gasteiger partial charge >= 0.3 is 0 Å². The van der Waals surface area contributed by atoms with E-state index < -0.39 is 0 Å². The number of nitrogens with one attached hydrogen (secondary N) is 2. The summed E-state index contributed by atoms with van der Waals surface area (Å²) in [5.41, 5.74) is 2.98. The fourth-order valence-corrected chi connectivity index (χ4v) is 2.52. The average molecular weight is 341 g/mol. The summed E-state index contributed by atoms with van der Waals surface area (Å²) < 4.78 is 0. The van der Waals surface area contributed by atoms with Crippen LogP contribution in [-0.2, 0) is 12.8 Å². The fraction of sp³-hybridized carbons (Fsp3) is 0.167. The smallest absolute Gasteiger partial charge is 0.274 e. The van der Waals surface area contributed by atoms with E-state index in [1.54, 1.807) is 6.07 Å². The van der Waals surface area contributed by atoms with Crippen LogP contribution in [0.2, 0.25) is 5.02 Å². The first kappa shape index (κ1) is 16.2. The number of aryl methyl sites for hydroxylation is 1. The van der Waals surface area contributed by atoms with E-state index in [0.717, 1.165) is 17.7 Å². The van der Waals surface area contributed by atoms with Crippen molar-refractivity contribution in [3.63, 3.8) is 0 Å². The summed E-state index contributed by atoms with van der Waals surface area (Å²) >= 11 is 6.12. The molecule has 0 radical (unpaired) electrons. The molecule has 0 saturated carbocycles. The van der Waals surface area contributed by atoms with Gasteiger partial charge in [-0.15, -0.1) is 10.2 Å². The van der Waals surface area contributed by atoms with Crippen LogP contribution in [0, 0.1) is 0 Å². The van der Waals surface area contributed by atoms with E-state index in [-0.39, 0.29) is 5.56 Å². The molecule has 2 N–H and O–H groups in total. The molecule has 0 aliphatic rings. The highest BCUT2D eigenvalue weighted by atomic mass is 35.5. The van der Waals surface area contributed by atoms with Crippen molar-refractivity contribution >= 4 is 23.2 Å².